The molecule has 0 aliphatic carbocycles. The van der Waals surface area contributed by atoms with E-state index >= 15 is 0 Å². The van der Waals surface area contributed by atoms with Crippen LogP contribution in [0.15, 0.2) is 0 Å². The van der Waals surface area contributed by atoms with Crippen molar-refractivity contribution >= 4 is 11.6 Å². The first kappa shape index (κ1) is 8.23. The third kappa shape index (κ3) is 1.41. The molecule has 5 heteroatoms. The van der Waals surface area contributed by atoms with Gasteiger partial charge in [-0.3, -0.25) is 0 Å². The zero-order chi connectivity index (χ0) is 7.72. The first-order valence-electron chi connectivity index (χ1n) is 2.93. The second-order valence-electron chi connectivity index (χ2n) is 2.23. The van der Waals surface area contributed by atoms with Crippen molar-refractivity contribution < 1.29 is 20.1 Å². The standard InChI is InChI=1S/C5H9ClO4/c6-5-4(9)3(8)2(7)1-10-5/h2-5,7-9H,1H2/t2-,3+,4+,5+/m1/s1. The summed E-state index contributed by atoms with van der Waals surface area (Å²) in [5.41, 5.74) is -0.918. The largest absolute Gasteiger partial charge is 0.388 e. The predicted molar refractivity (Wildman–Crippen MR) is 33.6 cm³/mol. The van der Waals surface area contributed by atoms with E-state index in [4.69, 9.17) is 26.9 Å². The Morgan fingerprint density at radius 1 is 1.20 bits per heavy atom. The lowest BCUT2D eigenvalue weighted by Crippen LogP contribution is -2.50. The normalized spacial score (nSPS) is 49.2. The van der Waals surface area contributed by atoms with Crippen LogP contribution >= 0.6 is 11.6 Å². The lowest BCUT2D eigenvalue weighted by atomic mass is 10.1. The summed E-state index contributed by atoms with van der Waals surface area (Å²) in [6.07, 6.45) is -3.44. The molecule has 0 saturated carbocycles. The van der Waals surface area contributed by atoms with Crippen LogP contribution in [0.2, 0.25) is 0 Å². The van der Waals surface area contributed by atoms with Crippen molar-refractivity contribution in [2.24, 2.45) is 0 Å². The lowest BCUT2D eigenvalue weighted by Gasteiger charge is -2.31. The van der Waals surface area contributed by atoms with Crippen molar-refractivity contribution in [3.63, 3.8) is 0 Å². The topological polar surface area (TPSA) is 69.9 Å². The quantitative estimate of drug-likeness (QED) is 0.392. The minimum Gasteiger partial charge on any atom is -0.388 e. The van der Waals surface area contributed by atoms with E-state index in [9.17, 15) is 0 Å². The van der Waals surface area contributed by atoms with Crippen LogP contribution in [0.5, 0.6) is 0 Å². The SMILES string of the molecule is O[C@@H]1[C@H](O)[C@@H](Cl)OC[C@H]1O. The van der Waals surface area contributed by atoms with Crippen LogP contribution in [0.1, 0.15) is 0 Å². The molecule has 1 aliphatic rings. The minimum absolute atomic E-state index is 0.0353. The van der Waals surface area contributed by atoms with Gasteiger partial charge in [-0.05, 0) is 0 Å². The van der Waals surface area contributed by atoms with Gasteiger partial charge in [0.15, 0.2) is 5.56 Å². The Hall–Kier alpha value is 0.130. The molecule has 60 valence electrons. The Morgan fingerprint density at radius 2 is 1.80 bits per heavy atom. The van der Waals surface area contributed by atoms with Gasteiger partial charge in [0.25, 0.3) is 0 Å². The Morgan fingerprint density at radius 3 is 2.30 bits per heavy atom. The molecule has 0 amide bonds. The smallest absolute Gasteiger partial charge is 0.159 e. The summed E-state index contributed by atoms with van der Waals surface area (Å²) in [4.78, 5) is 0. The van der Waals surface area contributed by atoms with Crippen molar-refractivity contribution in [1.29, 1.82) is 0 Å². The zero-order valence-corrected chi connectivity index (χ0v) is 5.90. The van der Waals surface area contributed by atoms with Gasteiger partial charge in [0.2, 0.25) is 0 Å². The summed E-state index contributed by atoms with van der Waals surface area (Å²) in [5, 5.41) is 26.8. The molecule has 1 heterocycles. The molecule has 0 spiro atoms. The number of hydrogen-bond acceptors (Lipinski definition) is 4. The molecular formula is C5H9ClO4. The van der Waals surface area contributed by atoms with E-state index < -0.39 is 23.9 Å². The highest BCUT2D eigenvalue weighted by molar-refractivity contribution is 6.20. The van der Waals surface area contributed by atoms with Gasteiger partial charge in [-0.1, -0.05) is 11.6 Å². The van der Waals surface area contributed by atoms with Crippen LogP contribution in [-0.4, -0.2) is 45.8 Å². The molecule has 0 bridgehead atoms. The minimum atomic E-state index is -1.20. The molecular weight excluding hydrogens is 160 g/mol. The van der Waals surface area contributed by atoms with Gasteiger partial charge in [0, 0.05) is 0 Å². The maximum absolute atomic E-state index is 8.95. The summed E-state index contributed by atoms with van der Waals surface area (Å²) in [5.74, 6) is 0. The molecule has 0 aromatic carbocycles. The van der Waals surface area contributed by atoms with Crippen LogP contribution < -0.4 is 0 Å². The third-order valence-corrected chi connectivity index (χ3v) is 1.82. The molecule has 10 heavy (non-hydrogen) atoms. The van der Waals surface area contributed by atoms with Gasteiger partial charge in [-0.2, -0.15) is 0 Å². The van der Waals surface area contributed by atoms with Gasteiger partial charge in [0.1, 0.15) is 18.3 Å². The van der Waals surface area contributed by atoms with Crippen molar-refractivity contribution in [1.82, 2.24) is 0 Å². The number of hydrogen-bond donors (Lipinski definition) is 3. The molecule has 0 unspecified atom stereocenters. The van der Waals surface area contributed by atoms with Crippen molar-refractivity contribution in [3.8, 4) is 0 Å². The van der Waals surface area contributed by atoms with Crippen LogP contribution in [-0.2, 0) is 4.74 Å². The Bertz CT molecular complexity index is 106. The van der Waals surface area contributed by atoms with E-state index in [2.05, 4.69) is 4.74 Å². The number of rotatable bonds is 0. The molecule has 0 aromatic heterocycles. The number of aliphatic hydroxyl groups excluding tert-OH is 3. The Labute approximate surface area is 63.0 Å². The average molecular weight is 169 g/mol. The Balaban J connectivity index is 2.52. The van der Waals surface area contributed by atoms with E-state index in [-0.39, 0.29) is 6.61 Å². The fourth-order valence-electron chi connectivity index (χ4n) is 0.770. The van der Waals surface area contributed by atoms with Gasteiger partial charge < -0.3 is 20.1 Å². The molecule has 1 rings (SSSR count). The van der Waals surface area contributed by atoms with Crippen LogP contribution in [0.3, 0.4) is 0 Å². The number of halogens is 1. The lowest BCUT2D eigenvalue weighted by molar-refractivity contribution is -0.163. The monoisotopic (exact) mass is 168 g/mol. The van der Waals surface area contributed by atoms with Crippen molar-refractivity contribution in [2.45, 2.75) is 23.9 Å². The first-order valence-corrected chi connectivity index (χ1v) is 3.36. The zero-order valence-electron chi connectivity index (χ0n) is 5.14. The molecule has 1 fully saturated rings. The van der Waals surface area contributed by atoms with E-state index in [1.165, 1.54) is 0 Å². The summed E-state index contributed by atoms with van der Waals surface area (Å²) in [6, 6.07) is 0. The molecule has 4 nitrogen and oxygen atoms in total. The predicted octanol–water partition coefficient (Wildman–Crippen LogP) is -1.34. The van der Waals surface area contributed by atoms with Gasteiger partial charge >= 0.3 is 0 Å². The van der Waals surface area contributed by atoms with Gasteiger partial charge in [-0.15, -0.1) is 0 Å². The van der Waals surface area contributed by atoms with E-state index in [1.807, 2.05) is 0 Å². The average Bonchev–Trinajstić information content (AvgIpc) is 1.93. The van der Waals surface area contributed by atoms with Crippen LogP contribution in [0.4, 0.5) is 0 Å². The molecule has 0 aromatic rings. The fourth-order valence-corrected chi connectivity index (χ4v) is 0.992. The van der Waals surface area contributed by atoms with Crippen LogP contribution in [0.25, 0.3) is 0 Å². The third-order valence-electron chi connectivity index (χ3n) is 1.44. The highest BCUT2D eigenvalue weighted by Gasteiger charge is 2.36. The van der Waals surface area contributed by atoms with Gasteiger partial charge in [0.05, 0.1) is 6.61 Å². The van der Waals surface area contributed by atoms with E-state index in [0.717, 1.165) is 0 Å². The molecule has 1 saturated heterocycles. The molecule has 4 atom stereocenters. The van der Waals surface area contributed by atoms with Crippen LogP contribution in [0, 0.1) is 0 Å². The number of aliphatic hydroxyl groups is 3. The second kappa shape index (κ2) is 3.02. The van der Waals surface area contributed by atoms with Crippen molar-refractivity contribution in [3.05, 3.63) is 0 Å². The Kier molecular flexibility index (Phi) is 2.49. The second-order valence-corrected chi connectivity index (χ2v) is 2.66. The summed E-state index contributed by atoms with van der Waals surface area (Å²) in [7, 11) is 0. The molecule has 0 radical (unpaired) electrons. The molecule has 1 aliphatic heterocycles. The number of ether oxygens (including phenoxy) is 1. The highest BCUT2D eigenvalue weighted by Crippen LogP contribution is 2.17. The summed E-state index contributed by atoms with van der Waals surface area (Å²) >= 11 is 5.38. The van der Waals surface area contributed by atoms with E-state index in [0.29, 0.717) is 0 Å². The van der Waals surface area contributed by atoms with Crippen molar-refractivity contribution in [2.75, 3.05) is 6.61 Å². The highest BCUT2D eigenvalue weighted by atomic mass is 35.5. The summed E-state index contributed by atoms with van der Waals surface area (Å²) in [6.45, 7) is -0.0353. The summed E-state index contributed by atoms with van der Waals surface area (Å²) < 4.78 is 4.68. The fraction of sp³-hybridized carbons (Fsp3) is 1.00. The molecule has 3 N–H and O–H groups in total. The number of alkyl halides is 1. The van der Waals surface area contributed by atoms with Gasteiger partial charge in [-0.25, -0.2) is 0 Å². The maximum atomic E-state index is 8.95. The maximum Gasteiger partial charge on any atom is 0.159 e. The first-order chi connectivity index (χ1) is 4.63. The van der Waals surface area contributed by atoms with E-state index in [1.54, 1.807) is 0 Å².